The second-order valence-electron chi connectivity index (χ2n) is 3.47. The lowest BCUT2D eigenvalue weighted by Crippen LogP contribution is -1.91. The molecule has 0 aliphatic carbocycles. The van der Waals surface area contributed by atoms with Crippen molar-refractivity contribution in [2.75, 3.05) is 6.26 Å². The lowest BCUT2D eigenvalue weighted by Gasteiger charge is -1.97. The van der Waals surface area contributed by atoms with Crippen molar-refractivity contribution in [1.29, 1.82) is 0 Å². The molecule has 1 aromatic carbocycles. The van der Waals surface area contributed by atoms with Gasteiger partial charge in [0.2, 0.25) is 5.12 Å². The summed E-state index contributed by atoms with van der Waals surface area (Å²) < 4.78 is 0.666. The summed E-state index contributed by atoms with van der Waals surface area (Å²) in [5.74, 6) is 0. The van der Waals surface area contributed by atoms with Crippen LogP contribution in [0, 0.1) is 10.1 Å². The summed E-state index contributed by atoms with van der Waals surface area (Å²) in [6.07, 6.45) is 3.34. The van der Waals surface area contributed by atoms with Crippen LogP contribution < -0.4 is 0 Å². The molecule has 0 fully saturated rings. The Morgan fingerprint density at radius 3 is 2.84 bits per heavy atom. The van der Waals surface area contributed by atoms with Gasteiger partial charge in [-0.15, -0.1) is 11.8 Å². The van der Waals surface area contributed by atoms with E-state index < -0.39 is 4.92 Å². The van der Waals surface area contributed by atoms with E-state index in [0.717, 1.165) is 11.8 Å². The molecule has 1 aromatic rings. The van der Waals surface area contributed by atoms with Crippen LogP contribution in [-0.4, -0.2) is 20.7 Å². The minimum Gasteiger partial charge on any atom is -0.279 e. The van der Waals surface area contributed by atoms with E-state index in [1.165, 1.54) is 30.0 Å². The maximum Gasteiger partial charge on any atom is 0.288 e. The summed E-state index contributed by atoms with van der Waals surface area (Å²) in [4.78, 5) is 26.0. The highest BCUT2D eigenvalue weighted by Crippen LogP contribution is 2.31. The predicted octanol–water partition coefficient (Wildman–Crippen LogP) is 3.58. The highest BCUT2D eigenvalue weighted by atomic mass is 35.5. The van der Waals surface area contributed by atoms with Crippen molar-refractivity contribution >= 4 is 56.4 Å². The third kappa shape index (κ3) is 3.17. The molecule has 8 heteroatoms. The van der Waals surface area contributed by atoms with Gasteiger partial charge in [-0.05, 0) is 35.7 Å². The first-order valence-electron chi connectivity index (χ1n) is 5.02. The first kappa shape index (κ1) is 14.1. The number of nitro groups is 1. The Morgan fingerprint density at radius 1 is 1.53 bits per heavy atom. The van der Waals surface area contributed by atoms with Crippen LogP contribution in [0.25, 0.3) is 6.08 Å². The smallest absolute Gasteiger partial charge is 0.279 e. The molecule has 5 nitrogen and oxygen atoms in total. The maximum absolute atomic E-state index is 11.6. The van der Waals surface area contributed by atoms with Gasteiger partial charge in [-0.25, -0.2) is 4.99 Å². The number of nitrogens with zero attached hydrogens (tertiary/aromatic N) is 2. The molecule has 0 atom stereocenters. The second-order valence-corrected chi connectivity index (χ2v) is 5.89. The highest BCUT2D eigenvalue weighted by molar-refractivity contribution is 8.45. The number of aliphatic imine (C=N–C) groups is 1. The Hall–Kier alpha value is -1.31. The van der Waals surface area contributed by atoms with Gasteiger partial charge in [0.15, 0.2) is 0 Å². The average molecular weight is 315 g/mol. The summed E-state index contributed by atoms with van der Waals surface area (Å²) in [7, 11) is 0. The van der Waals surface area contributed by atoms with Crippen LogP contribution >= 0.6 is 35.1 Å². The zero-order chi connectivity index (χ0) is 14.0. The van der Waals surface area contributed by atoms with Crippen LogP contribution in [0.5, 0.6) is 0 Å². The Balaban J connectivity index is 2.39. The lowest BCUT2D eigenvalue weighted by molar-refractivity contribution is -0.384. The molecule has 0 amide bonds. The molecular weight excluding hydrogens is 308 g/mol. The van der Waals surface area contributed by atoms with Gasteiger partial charge in [-0.1, -0.05) is 17.7 Å². The van der Waals surface area contributed by atoms with Gasteiger partial charge in [0.25, 0.3) is 5.69 Å². The number of hydrogen-bond acceptors (Lipinski definition) is 6. The molecule has 0 radical (unpaired) electrons. The van der Waals surface area contributed by atoms with Gasteiger partial charge < -0.3 is 0 Å². The Morgan fingerprint density at radius 2 is 2.26 bits per heavy atom. The quantitative estimate of drug-likeness (QED) is 0.474. The fourth-order valence-corrected chi connectivity index (χ4v) is 2.84. The fourth-order valence-electron chi connectivity index (χ4n) is 1.39. The molecule has 1 aliphatic heterocycles. The zero-order valence-electron chi connectivity index (χ0n) is 9.62. The van der Waals surface area contributed by atoms with Crippen molar-refractivity contribution in [1.82, 2.24) is 0 Å². The molecule has 0 unspecified atom stereocenters. The molecule has 0 bridgehead atoms. The van der Waals surface area contributed by atoms with Crippen LogP contribution in [0.3, 0.4) is 0 Å². The molecule has 19 heavy (non-hydrogen) atoms. The summed E-state index contributed by atoms with van der Waals surface area (Å²) in [6, 6.07) is 4.35. The van der Waals surface area contributed by atoms with Crippen LogP contribution in [0.1, 0.15) is 5.56 Å². The van der Waals surface area contributed by atoms with E-state index in [4.69, 9.17) is 11.6 Å². The van der Waals surface area contributed by atoms with E-state index in [2.05, 4.69) is 4.99 Å². The van der Waals surface area contributed by atoms with Crippen LogP contribution in [0.2, 0.25) is 5.02 Å². The summed E-state index contributed by atoms with van der Waals surface area (Å²) >= 11 is 8.15. The normalized spacial score (nSPS) is 16.8. The van der Waals surface area contributed by atoms with Crippen molar-refractivity contribution in [2.24, 2.45) is 4.99 Å². The van der Waals surface area contributed by atoms with Gasteiger partial charge >= 0.3 is 0 Å². The molecule has 0 saturated carbocycles. The van der Waals surface area contributed by atoms with Crippen LogP contribution in [0.15, 0.2) is 28.9 Å². The van der Waals surface area contributed by atoms with Gasteiger partial charge in [0.05, 0.1) is 4.92 Å². The Labute approximate surface area is 122 Å². The van der Waals surface area contributed by atoms with Gasteiger partial charge in [-0.2, -0.15) is 0 Å². The Kier molecular flexibility index (Phi) is 4.28. The zero-order valence-corrected chi connectivity index (χ0v) is 12.0. The molecule has 0 N–H and O–H groups in total. The van der Waals surface area contributed by atoms with Crippen molar-refractivity contribution in [3.63, 3.8) is 0 Å². The lowest BCUT2D eigenvalue weighted by atomic mass is 10.2. The van der Waals surface area contributed by atoms with Crippen molar-refractivity contribution in [2.45, 2.75) is 0 Å². The number of carbonyl (C=O) groups is 1. The van der Waals surface area contributed by atoms with Gasteiger partial charge in [-0.3, -0.25) is 14.9 Å². The standard InChI is InChI=1S/C11H7ClN2O3S2/c1-18-11-13-8(10(15)19-11)4-6-2-3-7(12)9(5-6)14(16)17/h2-5H,1H3/b8-4-. The molecule has 98 valence electrons. The Bertz CT molecular complexity index is 628. The molecular formula is C11H7ClN2O3S2. The third-order valence-electron chi connectivity index (χ3n) is 2.25. The molecule has 0 spiro atoms. The third-order valence-corrected chi connectivity index (χ3v) is 4.42. The first-order valence-corrected chi connectivity index (χ1v) is 7.43. The largest absolute Gasteiger partial charge is 0.288 e. The summed E-state index contributed by atoms with van der Waals surface area (Å²) in [5, 5.41) is 10.7. The number of thioether (sulfide) groups is 2. The summed E-state index contributed by atoms with van der Waals surface area (Å²) in [5.41, 5.74) is 0.611. The number of hydrogen-bond donors (Lipinski definition) is 0. The monoisotopic (exact) mass is 314 g/mol. The topological polar surface area (TPSA) is 72.6 Å². The second kappa shape index (κ2) is 5.77. The minimum atomic E-state index is -0.563. The van der Waals surface area contributed by atoms with Crippen molar-refractivity contribution in [3.8, 4) is 0 Å². The van der Waals surface area contributed by atoms with Crippen molar-refractivity contribution < 1.29 is 9.72 Å². The van der Waals surface area contributed by atoms with Crippen LogP contribution in [0.4, 0.5) is 5.69 Å². The van der Waals surface area contributed by atoms with E-state index in [0.29, 0.717) is 9.94 Å². The molecule has 1 heterocycles. The number of benzene rings is 1. The number of halogens is 1. The average Bonchev–Trinajstić information content (AvgIpc) is 2.72. The molecule has 0 saturated heterocycles. The van der Waals surface area contributed by atoms with E-state index in [1.54, 1.807) is 6.07 Å². The fraction of sp³-hybridized carbons (Fsp3) is 0.0909. The number of nitro benzene ring substituents is 1. The highest BCUT2D eigenvalue weighted by Gasteiger charge is 2.21. The molecule has 2 rings (SSSR count). The van der Waals surface area contributed by atoms with Gasteiger partial charge in [0, 0.05) is 6.07 Å². The summed E-state index contributed by atoms with van der Waals surface area (Å²) in [6.45, 7) is 0. The minimum absolute atomic E-state index is 0.0626. The van der Waals surface area contributed by atoms with Crippen molar-refractivity contribution in [3.05, 3.63) is 44.6 Å². The SMILES string of the molecule is CSC1=N/C(=C\c2ccc(Cl)c([N+](=O)[O-])c2)C(=O)S1. The first-order chi connectivity index (χ1) is 9.01. The van der Waals surface area contributed by atoms with E-state index >= 15 is 0 Å². The maximum atomic E-state index is 11.6. The van der Waals surface area contributed by atoms with Gasteiger partial charge in [0.1, 0.15) is 15.1 Å². The predicted molar refractivity (Wildman–Crippen MR) is 79.6 cm³/mol. The molecule has 0 aromatic heterocycles. The number of carbonyl (C=O) groups excluding carboxylic acids is 1. The van der Waals surface area contributed by atoms with E-state index in [-0.39, 0.29) is 21.5 Å². The van der Waals surface area contributed by atoms with E-state index in [9.17, 15) is 14.9 Å². The van der Waals surface area contributed by atoms with Crippen LogP contribution in [-0.2, 0) is 4.79 Å². The van der Waals surface area contributed by atoms with E-state index in [1.807, 2.05) is 6.26 Å². The molecule has 1 aliphatic rings. The number of rotatable bonds is 2.